The minimum atomic E-state index is -0.798. The SMILES string of the molecule is COc1cc(F)c(-c2cnc(N)o2)c(F)c1. The predicted molar refractivity (Wildman–Crippen MR) is 52.8 cm³/mol. The zero-order chi connectivity index (χ0) is 11.7. The minimum absolute atomic E-state index is 0.0600. The molecule has 2 N–H and O–H groups in total. The number of methoxy groups -OCH3 is 1. The van der Waals surface area contributed by atoms with Gasteiger partial charge < -0.3 is 14.9 Å². The van der Waals surface area contributed by atoms with Crippen LogP contribution in [0.5, 0.6) is 5.75 Å². The van der Waals surface area contributed by atoms with Gasteiger partial charge in [0.1, 0.15) is 17.4 Å². The molecule has 0 fully saturated rings. The Labute approximate surface area is 89.7 Å². The van der Waals surface area contributed by atoms with Gasteiger partial charge in [0.05, 0.1) is 18.9 Å². The van der Waals surface area contributed by atoms with Crippen molar-refractivity contribution in [3.8, 4) is 17.1 Å². The molecule has 0 saturated heterocycles. The first-order valence-electron chi connectivity index (χ1n) is 4.36. The topological polar surface area (TPSA) is 61.3 Å². The van der Waals surface area contributed by atoms with E-state index in [4.69, 9.17) is 14.9 Å². The van der Waals surface area contributed by atoms with E-state index in [9.17, 15) is 8.78 Å². The van der Waals surface area contributed by atoms with Crippen LogP contribution >= 0.6 is 0 Å². The van der Waals surface area contributed by atoms with E-state index in [1.54, 1.807) is 0 Å². The van der Waals surface area contributed by atoms with Gasteiger partial charge in [-0.15, -0.1) is 0 Å². The third-order valence-electron chi connectivity index (χ3n) is 2.02. The molecule has 0 radical (unpaired) electrons. The van der Waals surface area contributed by atoms with Gasteiger partial charge >= 0.3 is 0 Å². The number of rotatable bonds is 2. The minimum Gasteiger partial charge on any atom is -0.497 e. The number of ether oxygens (including phenoxy) is 1. The lowest BCUT2D eigenvalue weighted by molar-refractivity contribution is 0.407. The summed E-state index contributed by atoms with van der Waals surface area (Å²) in [5.74, 6) is -1.57. The lowest BCUT2D eigenvalue weighted by Gasteiger charge is -2.04. The van der Waals surface area contributed by atoms with E-state index >= 15 is 0 Å². The van der Waals surface area contributed by atoms with E-state index < -0.39 is 11.6 Å². The van der Waals surface area contributed by atoms with Crippen LogP contribution in [0.1, 0.15) is 0 Å². The molecule has 0 saturated carbocycles. The van der Waals surface area contributed by atoms with Crippen LogP contribution in [0.4, 0.5) is 14.8 Å². The van der Waals surface area contributed by atoms with Crippen molar-refractivity contribution in [1.82, 2.24) is 4.98 Å². The molecule has 0 amide bonds. The molecule has 0 spiro atoms. The van der Waals surface area contributed by atoms with Crippen molar-refractivity contribution in [2.24, 2.45) is 0 Å². The molecule has 84 valence electrons. The Morgan fingerprint density at radius 2 is 1.94 bits per heavy atom. The quantitative estimate of drug-likeness (QED) is 0.852. The largest absolute Gasteiger partial charge is 0.497 e. The van der Waals surface area contributed by atoms with Gasteiger partial charge in [0.25, 0.3) is 6.01 Å². The molecule has 6 heteroatoms. The normalized spacial score (nSPS) is 10.4. The summed E-state index contributed by atoms with van der Waals surface area (Å²) < 4.78 is 36.7. The average molecular weight is 226 g/mol. The maximum Gasteiger partial charge on any atom is 0.292 e. The number of oxazole rings is 1. The molecule has 16 heavy (non-hydrogen) atoms. The fourth-order valence-corrected chi connectivity index (χ4v) is 1.31. The average Bonchev–Trinajstić information content (AvgIpc) is 2.63. The van der Waals surface area contributed by atoms with Crippen LogP contribution in [0.25, 0.3) is 11.3 Å². The third kappa shape index (κ3) is 1.69. The summed E-state index contributed by atoms with van der Waals surface area (Å²) in [6.07, 6.45) is 1.16. The number of halogens is 2. The molecule has 0 atom stereocenters. The van der Waals surface area contributed by atoms with Gasteiger partial charge in [-0.3, -0.25) is 0 Å². The molecule has 1 heterocycles. The van der Waals surface area contributed by atoms with E-state index in [2.05, 4.69) is 4.98 Å². The molecule has 0 aliphatic carbocycles. The highest BCUT2D eigenvalue weighted by molar-refractivity contribution is 5.60. The summed E-state index contributed by atoms with van der Waals surface area (Å²) in [4.78, 5) is 3.56. The van der Waals surface area contributed by atoms with Crippen molar-refractivity contribution in [3.63, 3.8) is 0 Å². The van der Waals surface area contributed by atoms with E-state index in [1.807, 2.05) is 0 Å². The van der Waals surface area contributed by atoms with Crippen LogP contribution in [0.3, 0.4) is 0 Å². The fourth-order valence-electron chi connectivity index (χ4n) is 1.31. The number of anilines is 1. The zero-order valence-corrected chi connectivity index (χ0v) is 8.33. The number of benzene rings is 1. The monoisotopic (exact) mass is 226 g/mol. The van der Waals surface area contributed by atoms with E-state index in [0.29, 0.717) is 0 Å². The van der Waals surface area contributed by atoms with Gasteiger partial charge in [-0.25, -0.2) is 13.8 Å². The summed E-state index contributed by atoms with van der Waals surface area (Å²) in [6, 6.07) is 1.96. The maximum atomic E-state index is 13.5. The van der Waals surface area contributed by atoms with Crippen molar-refractivity contribution >= 4 is 6.01 Å². The third-order valence-corrected chi connectivity index (χ3v) is 2.02. The first kappa shape index (κ1) is 10.4. The van der Waals surface area contributed by atoms with Crippen LogP contribution < -0.4 is 10.5 Å². The highest BCUT2D eigenvalue weighted by atomic mass is 19.1. The van der Waals surface area contributed by atoms with E-state index in [0.717, 1.165) is 18.3 Å². The summed E-state index contributed by atoms with van der Waals surface area (Å²) in [5.41, 5.74) is 4.91. The first-order valence-corrected chi connectivity index (χ1v) is 4.36. The summed E-state index contributed by atoms with van der Waals surface area (Å²) in [6.45, 7) is 0. The maximum absolute atomic E-state index is 13.5. The Bertz CT molecular complexity index is 502. The van der Waals surface area contributed by atoms with E-state index in [-0.39, 0.29) is 23.1 Å². The number of hydrogen-bond donors (Lipinski definition) is 1. The van der Waals surface area contributed by atoms with E-state index in [1.165, 1.54) is 7.11 Å². The van der Waals surface area contributed by atoms with Crippen molar-refractivity contribution in [2.75, 3.05) is 12.8 Å². The summed E-state index contributed by atoms with van der Waals surface area (Å²) in [5, 5.41) is 0. The number of nitrogens with zero attached hydrogens (tertiary/aromatic N) is 1. The fraction of sp³-hybridized carbons (Fsp3) is 0.100. The van der Waals surface area contributed by atoms with Crippen molar-refractivity contribution in [1.29, 1.82) is 0 Å². The Morgan fingerprint density at radius 1 is 1.31 bits per heavy atom. The Morgan fingerprint density at radius 3 is 2.38 bits per heavy atom. The van der Waals surface area contributed by atoms with Crippen molar-refractivity contribution < 1.29 is 17.9 Å². The van der Waals surface area contributed by atoms with Crippen LogP contribution in [0, 0.1) is 11.6 Å². The first-order chi connectivity index (χ1) is 7.61. The van der Waals surface area contributed by atoms with Crippen molar-refractivity contribution in [3.05, 3.63) is 30.0 Å². The highest BCUT2D eigenvalue weighted by Crippen LogP contribution is 2.30. The van der Waals surface area contributed by atoms with Gasteiger partial charge in [-0.05, 0) is 0 Å². The standard InChI is InChI=1S/C10H8F2N2O2/c1-15-5-2-6(11)9(7(12)3-5)8-4-14-10(13)16-8/h2-4H,1H3,(H2,13,14). The van der Waals surface area contributed by atoms with Gasteiger partial charge in [-0.1, -0.05) is 0 Å². The van der Waals surface area contributed by atoms with Gasteiger partial charge in [0, 0.05) is 12.1 Å². The molecular formula is C10H8F2N2O2. The second-order valence-corrected chi connectivity index (χ2v) is 3.03. The van der Waals surface area contributed by atoms with Crippen LogP contribution in [-0.2, 0) is 0 Å². The molecule has 4 nitrogen and oxygen atoms in total. The Kier molecular flexibility index (Phi) is 2.47. The summed E-state index contributed by atoms with van der Waals surface area (Å²) in [7, 11) is 1.32. The van der Waals surface area contributed by atoms with Crippen LogP contribution in [0.2, 0.25) is 0 Å². The summed E-state index contributed by atoms with van der Waals surface area (Å²) >= 11 is 0. The second-order valence-electron chi connectivity index (χ2n) is 3.03. The van der Waals surface area contributed by atoms with Gasteiger partial charge in [-0.2, -0.15) is 0 Å². The highest BCUT2D eigenvalue weighted by Gasteiger charge is 2.17. The Hall–Kier alpha value is -2.11. The van der Waals surface area contributed by atoms with Gasteiger partial charge in [0.15, 0.2) is 5.76 Å². The predicted octanol–water partition coefficient (Wildman–Crippen LogP) is 2.21. The molecule has 2 aromatic rings. The van der Waals surface area contributed by atoms with Gasteiger partial charge in [0.2, 0.25) is 0 Å². The molecule has 1 aromatic carbocycles. The Balaban J connectivity index is 2.57. The van der Waals surface area contributed by atoms with Crippen LogP contribution in [0.15, 0.2) is 22.7 Å². The molecule has 2 rings (SSSR count). The second kappa shape index (κ2) is 3.80. The molecule has 1 aromatic heterocycles. The molecule has 0 aliphatic heterocycles. The molecule has 0 aliphatic rings. The van der Waals surface area contributed by atoms with Crippen LogP contribution in [-0.4, -0.2) is 12.1 Å². The molecule has 0 bridgehead atoms. The lowest BCUT2D eigenvalue weighted by Crippen LogP contribution is -1.92. The number of aromatic nitrogens is 1. The van der Waals surface area contributed by atoms with Crippen molar-refractivity contribution in [2.45, 2.75) is 0 Å². The molecular weight excluding hydrogens is 218 g/mol. The zero-order valence-electron chi connectivity index (χ0n) is 8.33. The smallest absolute Gasteiger partial charge is 0.292 e. The molecule has 0 unspecified atom stereocenters. The number of nitrogens with two attached hydrogens (primary N) is 1. The number of hydrogen-bond acceptors (Lipinski definition) is 4. The lowest BCUT2D eigenvalue weighted by atomic mass is 10.1. The number of nitrogen functional groups attached to an aromatic ring is 1.